The lowest BCUT2D eigenvalue weighted by atomic mass is 10.2. The van der Waals surface area contributed by atoms with Gasteiger partial charge in [0.15, 0.2) is 0 Å². The second-order valence-corrected chi connectivity index (χ2v) is 7.63. The van der Waals surface area contributed by atoms with Crippen molar-refractivity contribution >= 4 is 20.4 Å². The van der Waals surface area contributed by atoms with Crippen LogP contribution in [0.2, 0.25) is 0 Å². The smallest absolute Gasteiger partial charge is 0.397 e. The van der Waals surface area contributed by atoms with E-state index in [0.29, 0.717) is 0 Å². The van der Waals surface area contributed by atoms with E-state index in [4.69, 9.17) is 0 Å². The Kier molecular flexibility index (Phi) is 7.52. The monoisotopic (exact) mass is 560 g/mol. The molecule has 0 spiro atoms. The topological polar surface area (TPSA) is 86.7 Å². The second-order valence-electron chi connectivity index (χ2n) is 4.85. The average Bonchev–Trinajstić information content (AvgIpc) is 2.50. The van der Waals surface area contributed by atoms with Gasteiger partial charge in [-0.2, -0.15) is 78.3 Å². The molecule has 0 fully saturated rings. The number of ether oxygens (including phenoxy) is 2. The van der Waals surface area contributed by atoms with E-state index < -0.39 is 67.0 Å². The first-order valence-corrected chi connectivity index (χ1v) is 8.86. The molecular weight excluding hydrogens is 560 g/mol. The molecule has 0 aromatic heterocycles. The van der Waals surface area contributed by atoms with Gasteiger partial charge in [-0.3, -0.25) is 4.74 Å². The second kappa shape index (κ2) is 7.95. The predicted octanol–water partition coefficient (Wildman–Crippen LogP) is 4.33. The molecule has 0 N–H and O–H groups in total. The number of hydrogen-bond acceptors (Lipinski definition) is 6. The van der Waals surface area contributed by atoms with Gasteiger partial charge in [0.25, 0.3) is 0 Å². The highest BCUT2D eigenvalue weighted by molar-refractivity contribution is 7.88. The molecule has 0 bridgehead atoms. The summed E-state index contributed by atoms with van der Waals surface area (Å²) in [5.41, 5.74) is 0. The Hall–Kier alpha value is -1.72. The zero-order valence-corrected chi connectivity index (χ0v) is 14.9. The highest BCUT2D eigenvalue weighted by atomic mass is 32.3. The summed E-state index contributed by atoms with van der Waals surface area (Å²) in [6, 6.07) is -4.11. The molecule has 32 heavy (non-hydrogen) atoms. The van der Waals surface area contributed by atoms with Gasteiger partial charge in [-0.15, -0.1) is 0 Å². The van der Waals surface area contributed by atoms with Crippen LogP contribution in [0.25, 0.3) is 0 Å². The maximum atomic E-state index is 13.9. The van der Waals surface area contributed by atoms with Crippen molar-refractivity contribution in [2.24, 2.45) is 0 Å². The highest BCUT2D eigenvalue weighted by Gasteiger charge is 2.88. The lowest BCUT2D eigenvalue weighted by molar-refractivity contribution is -0.492. The van der Waals surface area contributed by atoms with Crippen LogP contribution < -0.4 is 0 Å². The molecule has 192 valence electrons. The standard InChI is InChI=1S/C8F16O6S2/c9-1(10)2(11)29-5(15,16)3(12,13)6(17,18)30-4(14,7(19,20)31(23,25)26)8(21,22)32(24,27)28. The Morgan fingerprint density at radius 1 is 0.594 bits per heavy atom. The van der Waals surface area contributed by atoms with Gasteiger partial charge in [-0.1, -0.05) is 7.77 Å². The number of rotatable bonds is 10. The fourth-order valence-corrected chi connectivity index (χ4v) is 2.26. The first kappa shape index (κ1) is 30.3. The molecule has 0 aromatic rings. The van der Waals surface area contributed by atoms with E-state index in [-0.39, 0.29) is 0 Å². The summed E-state index contributed by atoms with van der Waals surface area (Å²) < 4.78 is 249. The maximum absolute atomic E-state index is 13.9. The summed E-state index contributed by atoms with van der Waals surface area (Å²) in [5.74, 6) is -16.4. The Bertz CT molecular complexity index is 920. The zero-order chi connectivity index (χ0) is 26.6. The van der Waals surface area contributed by atoms with Gasteiger partial charge in [0.05, 0.1) is 0 Å². The van der Waals surface area contributed by atoms with Gasteiger partial charge >= 0.3 is 67.0 Å². The summed E-state index contributed by atoms with van der Waals surface area (Å²) in [7, 11) is -17.0. The minimum absolute atomic E-state index is 1.23. The highest BCUT2D eigenvalue weighted by Crippen LogP contribution is 2.57. The van der Waals surface area contributed by atoms with Crippen LogP contribution in [0.15, 0.2) is 12.1 Å². The SMILES string of the molecule is O=S(=O)(F)C(F)(F)C(F)(OC(F)(F)C(F)(F)C(F)(F)OC(F)=C(F)F)C(F)(F)S(=O)(=O)F. The molecule has 0 amide bonds. The van der Waals surface area contributed by atoms with Crippen molar-refractivity contribution in [2.75, 3.05) is 0 Å². The third-order valence-electron chi connectivity index (χ3n) is 2.73. The van der Waals surface area contributed by atoms with E-state index in [1.54, 1.807) is 4.74 Å². The van der Waals surface area contributed by atoms with Crippen molar-refractivity contribution in [3.63, 3.8) is 0 Å². The minimum atomic E-state index is -8.50. The molecule has 0 rings (SSSR count). The largest absolute Gasteiger partial charge is 0.475 e. The molecule has 0 radical (unpaired) electrons. The van der Waals surface area contributed by atoms with Crippen molar-refractivity contribution in [2.45, 2.75) is 34.5 Å². The summed E-state index contributed by atoms with van der Waals surface area (Å²) in [5, 5.41) is -16.2. The Morgan fingerprint density at radius 3 is 1.16 bits per heavy atom. The van der Waals surface area contributed by atoms with Crippen molar-refractivity contribution in [1.29, 1.82) is 0 Å². The van der Waals surface area contributed by atoms with Crippen LogP contribution in [-0.2, 0) is 29.9 Å². The molecule has 0 heterocycles. The van der Waals surface area contributed by atoms with Crippen molar-refractivity contribution in [1.82, 2.24) is 0 Å². The summed E-state index contributed by atoms with van der Waals surface area (Å²) in [6.07, 6.45) is -19.7. The van der Waals surface area contributed by atoms with Crippen LogP contribution >= 0.6 is 0 Å². The van der Waals surface area contributed by atoms with Gasteiger partial charge in [0, 0.05) is 0 Å². The van der Waals surface area contributed by atoms with Gasteiger partial charge in [-0.25, -0.2) is 0 Å². The third kappa shape index (κ3) is 4.65. The number of hydrogen-bond donors (Lipinski definition) is 0. The van der Waals surface area contributed by atoms with E-state index in [2.05, 4.69) is 0 Å². The molecular formula is C8F16O6S2. The quantitative estimate of drug-likeness (QED) is 0.225. The summed E-state index contributed by atoms with van der Waals surface area (Å²) in [4.78, 5) is 0. The summed E-state index contributed by atoms with van der Waals surface area (Å²) >= 11 is 0. The van der Waals surface area contributed by atoms with Crippen LogP contribution in [0, 0.1) is 0 Å². The molecule has 0 aliphatic heterocycles. The number of halogens is 16. The zero-order valence-electron chi connectivity index (χ0n) is 13.3. The van der Waals surface area contributed by atoms with Crippen LogP contribution in [-0.4, -0.2) is 51.3 Å². The lowest BCUT2D eigenvalue weighted by Crippen LogP contribution is -2.68. The fraction of sp³-hybridized carbons (Fsp3) is 0.750. The van der Waals surface area contributed by atoms with E-state index in [1.807, 2.05) is 0 Å². The minimum Gasteiger partial charge on any atom is -0.397 e. The third-order valence-corrected chi connectivity index (χ3v) is 4.48. The number of alkyl halides is 11. The Balaban J connectivity index is 7.00. The molecule has 0 saturated carbocycles. The Labute approximate surface area is 163 Å². The van der Waals surface area contributed by atoms with Crippen molar-refractivity contribution in [3.8, 4) is 0 Å². The average molecular weight is 560 g/mol. The van der Waals surface area contributed by atoms with E-state index in [1.165, 1.54) is 4.74 Å². The molecule has 0 atom stereocenters. The Morgan fingerprint density at radius 2 is 0.906 bits per heavy atom. The van der Waals surface area contributed by atoms with E-state index >= 15 is 0 Å². The van der Waals surface area contributed by atoms with Gasteiger partial charge in [0.2, 0.25) is 0 Å². The van der Waals surface area contributed by atoms with E-state index in [0.717, 1.165) is 0 Å². The maximum Gasteiger partial charge on any atom is 0.475 e. The van der Waals surface area contributed by atoms with Crippen LogP contribution in [0.5, 0.6) is 0 Å². The molecule has 6 nitrogen and oxygen atoms in total. The molecule has 0 aliphatic carbocycles. The van der Waals surface area contributed by atoms with E-state index in [9.17, 15) is 86.1 Å². The molecule has 24 heteroatoms. The van der Waals surface area contributed by atoms with Crippen LogP contribution in [0.1, 0.15) is 0 Å². The fourth-order valence-electron chi connectivity index (χ4n) is 1.23. The van der Waals surface area contributed by atoms with Crippen molar-refractivity contribution < 1.29 is 95.5 Å². The molecule has 0 aliphatic rings. The van der Waals surface area contributed by atoms with Crippen molar-refractivity contribution in [3.05, 3.63) is 12.1 Å². The molecule has 0 saturated heterocycles. The summed E-state index contributed by atoms with van der Waals surface area (Å²) in [6.45, 7) is 0. The lowest BCUT2D eigenvalue weighted by Gasteiger charge is -2.38. The first-order chi connectivity index (χ1) is 13.5. The van der Waals surface area contributed by atoms with Gasteiger partial charge in [0.1, 0.15) is 0 Å². The predicted molar refractivity (Wildman–Crippen MR) is 61.1 cm³/mol. The van der Waals surface area contributed by atoms with Crippen LogP contribution in [0.4, 0.5) is 69.2 Å². The van der Waals surface area contributed by atoms with Gasteiger partial charge < -0.3 is 4.74 Å². The molecule has 0 aromatic carbocycles. The van der Waals surface area contributed by atoms with Gasteiger partial charge in [-0.05, 0) is 0 Å². The normalized spacial score (nSPS) is 15.5. The molecule has 0 unspecified atom stereocenters. The first-order valence-electron chi connectivity index (χ1n) is 6.10. The van der Waals surface area contributed by atoms with Crippen LogP contribution in [0.3, 0.4) is 0 Å².